The van der Waals surface area contributed by atoms with E-state index < -0.39 is 10.8 Å². The van der Waals surface area contributed by atoms with Gasteiger partial charge in [-0.15, -0.1) is 0 Å². The van der Waals surface area contributed by atoms with Gasteiger partial charge in [-0.3, -0.25) is 25.0 Å². The first-order valence-electron chi connectivity index (χ1n) is 8.07. The molecule has 0 aliphatic carbocycles. The van der Waals surface area contributed by atoms with E-state index in [-0.39, 0.29) is 10.9 Å². The zero-order valence-corrected chi connectivity index (χ0v) is 14.7. The summed E-state index contributed by atoms with van der Waals surface area (Å²) in [5, 5.41) is 13.6. The molecule has 27 heavy (non-hydrogen) atoms. The maximum atomic E-state index is 11.8. The van der Waals surface area contributed by atoms with Crippen LogP contribution in [0.4, 0.5) is 10.5 Å². The quantitative estimate of drug-likeness (QED) is 0.421. The van der Waals surface area contributed by atoms with Crippen LogP contribution < -0.4 is 5.32 Å². The van der Waals surface area contributed by atoms with Crippen molar-refractivity contribution in [1.29, 1.82) is 0 Å². The summed E-state index contributed by atoms with van der Waals surface area (Å²) in [5.41, 5.74) is 2.77. The minimum atomic E-state index is -0.426. The van der Waals surface area contributed by atoms with Gasteiger partial charge in [0.25, 0.3) is 16.8 Å². The second-order valence-electron chi connectivity index (χ2n) is 6.01. The van der Waals surface area contributed by atoms with Gasteiger partial charge in [-0.05, 0) is 29.5 Å². The number of nitro groups is 1. The second kappa shape index (κ2) is 6.73. The molecule has 2 amide bonds. The molecule has 4 rings (SSSR count). The highest BCUT2D eigenvalue weighted by molar-refractivity contribution is 8.18. The average Bonchev–Trinajstić information content (AvgIpc) is 3.15. The Hall–Kier alpha value is -3.39. The number of hydrogen-bond acceptors (Lipinski definition) is 5. The topological polar surface area (TPSA) is 94.2 Å². The Kier molecular flexibility index (Phi) is 4.25. The van der Waals surface area contributed by atoms with Gasteiger partial charge >= 0.3 is 0 Å². The molecule has 0 spiro atoms. The predicted octanol–water partition coefficient (Wildman–Crippen LogP) is 3.92. The molecule has 1 N–H and O–H groups in total. The molecule has 1 aliphatic rings. The van der Waals surface area contributed by atoms with E-state index in [0.29, 0.717) is 11.4 Å². The molecule has 1 fully saturated rings. The normalized spacial score (nSPS) is 15.5. The van der Waals surface area contributed by atoms with Crippen molar-refractivity contribution < 1.29 is 14.5 Å². The lowest BCUT2D eigenvalue weighted by Gasteiger charge is -2.05. The van der Waals surface area contributed by atoms with Crippen LogP contribution in [0, 0.1) is 10.1 Å². The summed E-state index contributed by atoms with van der Waals surface area (Å²) >= 11 is 0.883. The molecule has 1 aliphatic heterocycles. The number of hydrogen-bond donors (Lipinski definition) is 1. The first-order valence-corrected chi connectivity index (χ1v) is 8.89. The van der Waals surface area contributed by atoms with Crippen LogP contribution in [-0.4, -0.2) is 20.6 Å². The number of carbonyl (C=O) groups is 2. The maximum absolute atomic E-state index is 11.8. The van der Waals surface area contributed by atoms with Gasteiger partial charge in [0.05, 0.1) is 9.83 Å². The van der Waals surface area contributed by atoms with Crippen LogP contribution in [-0.2, 0) is 11.3 Å². The van der Waals surface area contributed by atoms with Crippen LogP contribution in [0.15, 0.2) is 59.6 Å². The molecular formula is C19H13N3O4S. The average molecular weight is 379 g/mol. The molecule has 0 bridgehead atoms. The zero-order valence-electron chi connectivity index (χ0n) is 13.9. The summed E-state index contributed by atoms with van der Waals surface area (Å²) in [6.45, 7) is 0.528. The lowest BCUT2D eigenvalue weighted by Crippen LogP contribution is -2.17. The number of non-ortho nitro benzene ring substituents is 1. The molecule has 0 unspecified atom stereocenters. The Labute approximate surface area is 157 Å². The summed E-state index contributed by atoms with van der Waals surface area (Å²) in [6, 6.07) is 14.2. The number of nitrogens with one attached hydrogen (secondary N) is 1. The number of imide groups is 1. The van der Waals surface area contributed by atoms with E-state index in [1.54, 1.807) is 18.2 Å². The Morgan fingerprint density at radius 1 is 1.11 bits per heavy atom. The van der Waals surface area contributed by atoms with Crippen molar-refractivity contribution >= 4 is 45.6 Å². The molecule has 3 aromatic rings. The molecular weight excluding hydrogens is 366 g/mol. The van der Waals surface area contributed by atoms with E-state index in [9.17, 15) is 19.7 Å². The van der Waals surface area contributed by atoms with Crippen molar-refractivity contribution in [2.24, 2.45) is 0 Å². The van der Waals surface area contributed by atoms with Gasteiger partial charge in [0.1, 0.15) is 0 Å². The standard InChI is InChI=1S/C19H13N3O4S/c23-18-17(27-19(24)20-18)9-13-11-21(16-4-2-1-3-15(13)16)10-12-5-7-14(8-6-12)22(25)26/h1-9,11H,10H2,(H,20,23,24)/b17-9-. The van der Waals surface area contributed by atoms with Gasteiger partial charge in [0, 0.05) is 41.3 Å². The molecule has 1 saturated heterocycles. The number of rotatable bonds is 4. The number of benzene rings is 2. The molecule has 2 heterocycles. The summed E-state index contributed by atoms with van der Waals surface area (Å²) in [6.07, 6.45) is 3.62. The van der Waals surface area contributed by atoms with E-state index in [1.165, 1.54) is 12.1 Å². The van der Waals surface area contributed by atoms with E-state index in [1.807, 2.05) is 35.0 Å². The van der Waals surface area contributed by atoms with Gasteiger partial charge in [-0.2, -0.15) is 0 Å². The first-order chi connectivity index (χ1) is 13.0. The number of fused-ring (bicyclic) bond motifs is 1. The van der Waals surface area contributed by atoms with Crippen molar-refractivity contribution in [2.75, 3.05) is 0 Å². The van der Waals surface area contributed by atoms with Crippen LogP contribution >= 0.6 is 11.8 Å². The second-order valence-corrected chi connectivity index (χ2v) is 7.02. The summed E-state index contributed by atoms with van der Waals surface area (Å²) in [7, 11) is 0. The lowest BCUT2D eigenvalue weighted by molar-refractivity contribution is -0.384. The van der Waals surface area contributed by atoms with Crippen LogP contribution in [0.3, 0.4) is 0 Å². The summed E-state index contributed by atoms with van der Waals surface area (Å²) in [4.78, 5) is 33.9. The molecule has 1 aromatic heterocycles. The number of aromatic nitrogens is 1. The monoisotopic (exact) mass is 379 g/mol. The summed E-state index contributed by atoms with van der Waals surface area (Å²) in [5.74, 6) is -0.391. The molecule has 0 atom stereocenters. The minimum Gasteiger partial charge on any atom is -0.342 e. The van der Waals surface area contributed by atoms with Gasteiger partial charge in [-0.25, -0.2) is 0 Å². The fourth-order valence-electron chi connectivity index (χ4n) is 3.00. The van der Waals surface area contributed by atoms with Gasteiger partial charge in [0.15, 0.2) is 0 Å². The molecule has 7 nitrogen and oxygen atoms in total. The smallest absolute Gasteiger partial charge is 0.290 e. The molecule has 134 valence electrons. The predicted molar refractivity (Wildman–Crippen MR) is 103 cm³/mol. The SMILES string of the molecule is O=C1NC(=O)/C(=C/c2cn(Cc3ccc([N+](=O)[O-])cc3)c3ccccc23)S1. The molecule has 0 radical (unpaired) electrons. The number of nitrogens with zero attached hydrogens (tertiary/aromatic N) is 2. The molecule has 2 aromatic carbocycles. The Morgan fingerprint density at radius 3 is 2.52 bits per heavy atom. The molecule has 0 saturated carbocycles. The fraction of sp³-hybridized carbons (Fsp3) is 0.0526. The lowest BCUT2D eigenvalue weighted by atomic mass is 10.1. The van der Waals surface area contributed by atoms with Gasteiger partial charge in [0.2, 0.25) is 0 Å². The van der Waals surface area contributed by atoms with E-state index >= 15 is 0 Å². The Balaban J connectivity index is 1.72. The summed E-state index contributed by atoms with van der Waals surface area (Å²) < 4.78 is 2.02. The van der Waals surface area contributed by atoms with E-state index in [4.69, 9.17) is 0 Å². The number of thioether (sulfide) groups is 1. The highest BCUT2D eigenvalue weighted by Crippen LogP contribution is 2.30. The van der Waals surface area contributed by atoms with Crippen molar-refractivity contribution in [1.82, 2.24) is 9.88 Å². The third kappa shape index (κ3) is 3.34. The number of nitro benzene ring substituents is 1. The van der Waals surface area contributed by atoms with E-state index in [0.717, 1.165) is 33.8 Å². The number of para-hydroxylation sites is 1. The third-order valence-electron chi connectivity index (χ3n) is 4.25. The fourth-order valence-corrected chi connectivity index (χ4v) is 3.68. The van der Waals surface area contributed by atoms with Crippen LogP contribution in [0.1, 0.15) is 11.1 Å². The van der Waals surface area contributed by atoms with Gasteiger partial charge in [-0.1, -0.05) is 30.3 Å². The van der Waals surface area contributed by atoms with Crippen LogP contribution in [0.5, 0.6) is 0 Å². The number of carbonyl (C=O) groups excluding carboxylic acids is 2. The van der Waals surface area contributed by atoms with Crippen LogP contribution in [0.25, 0.3) is 17.0 Å². The Morgan fingerprint density at radius 2 is 1.85 bits per heavy atom. The molecule has 8 heteroatoms. The first kappa shape index (κ1) is 17.0. The van der Waals surface area contributed by atoms with Crippen molar-refractivity contribution in [3.8, 4) is 0 Å². The van der Waals surface area contributed by atoms with E-state index in [2.05, 4.69) is 5.32 Å². The minimum absolute atomic E-state index is 0.0514. The highest BCUT2D eigenvalue weighted by Gasteiger charge is 2.25. The van der Waals surface area contributed by atoms with Crippen molar-refractivity contribution in [2.45, 2.75) is 6.54 Å². The Bertz CT molecular complexity index is 1120. The largest absolute Gasteiger partial charge is 0.342 e. The van der Waals surface area contributed by atoms with Gasteiger partial charge < -0.3 is 4.57 Å². The van der Waals surface area contributed by atoms with Crippen molar-refractivity contribution in [3.63, 3.8) is 0 Å². The zero-order chi connectivity index (χ0) is 19.0. The highest BCUT2D eigenvalue weighted by atomic mass is 32.2. The number of amides is 2. The maximum Gasteiger partial charge on any atom is 0.290 e. The van der Waals surface area contributed by atoms with Crippen LogP contribution in [0.2, 0.25) is 0 Å². The third-order valence-corrected chi connectivity index (χ3v) is 5.06. The van der Waals surface area contributed by atoms with Crippen molar-refractivity contribution in [3.05, 3.63) is 80.9 Å².